The zero-order chi connectivity index (χ0) is 19.0. The molecule has 0 radical (unpaired) electrons. The third-order valence-electron chi connectivity index (χ3n) is 3.36. The molecule has 1 aromatic heterocycles. The van der Waals surface area contributed by atoms with Crippen molar-refractivity contribution in [2.45, 2.75) is 12.6 Å². The molecule has 5 nitrogen and oxygen atoms in total. The molecule has 2 rings (SSSR count). The van der Waals surface area contributed by atoms with Crippen LogP contribution in [0, 0.1) is 0 Å². The fraction of sp³-hybridized carbons (Fsp3) is 0.222. The maximum Gasteiger partial charge on any atom is 0.416 e. The van der Waals surface area contributed by atoms with Crippen LogP contribution in [0.2, 0.25) is 0 Å². The highest BCUT2D eigenvalue weighted by Crippen LogP contribution is 2.29. The predicted octanol–water partition coefficient (Wildman–Crippen LogP) is 2.79. The molecule has 26 heavy (non-hydrogen) atoms. The summed E-state index contributed by atoms with van der Waals surface area (Å²) in [7, 11) is 0. The monoisotopic (exact) mass is 366 g/mol. The van der Waals surface area contributed by atoms with Crippen molar-refractivity contribution in [3.63, 3.8) is 0 Å². The van der Waals surface area contributed by atoms with Gasteiger partial charge in [-0.1, -0.05) is 18.2 Å². The lowest BCUT2D eigenvalue weighted by atomic mass is 10.1. The van der Waals surface area contributed by atoms with E-state index >= 15 is 0 Å². The fourth-order valence-electron chi connectivity index (χ4n) is 2.08. The fourth-order valence-corrected chi connectivity index (χ4v) is 2.08. The summed E-state index contributed by atoms with van der Waals surface area (Å²) in [6.07, 6.45) is 0.0136. The molecule has 2 amide bonds. The van der Waals surface area contributed by atoms with E-state index in [1.165, 1.54) is 24.5 Å². The zero-order valence-electron chi connectivity index (χ0n) is 13.7. The molecule has 0 saturated heterocycles. The molecule has 2 N–H and O–H groups in total. The van der Waals surface area contributed by atoms with Crippen molar-refractivity contribution in [3.8, 4) is 0 Å². The maximum atomic E-state index is 12.6. The van der Waals surface area contributed by atoms with Crippen LogP contribution < -0.4 is 10.6 Å². The number of furan rings is 1. The van der Waals surface area contributed by atoms with Gasteiger partial charge in [0.1, 0.15) is 5.76 Å². The van der Waals surface area contributed by atoms with E-state index in [4.69, 9.17) is 4.42 Å². The summed E-state index contributed by atoms with van der Waals surface area (Å²) >= 11 is 0. The van der Waals surface area contributed by atoms with E-state index in [9.17, 15) is 22.8 Å². The van der Waals surface area contributed by atoms with Gasteiger partial charge in [-0.25, -0.2) is 0 Å². The van der Waals surface area contributed by atoms with Gasteiger partial charge in [-0.05, 0) is 36.3 Å². The largest absolute Gasteiger partial charge is 0.465 e. The molecule has 0 spiro atoms. The highest BCUT2D eigenvalue weighted by Gasteiger charge is 2.30. The number of halogens is 3. The molecule has 0 aliphatic heterocycles. The number of rotatable bonds is 7. The van der Waals surface area contributed by atoms with Gasteiger partial charge >= 0.3 is 6.18 Å². The summed E-state index contributed by atoms with van der Waals surface area (Å²) in [5.74, 6) is -0.392. The Morgan fingerprint density at radius 2 is 1.92 bits per heavy atom. The molecule has 0 bridgehead atoms. The molecule has 0 aliphatic carbocycles. The number of benzene rings is 1. The van der Waals surface area contributed by atoms with Crippen LogP contribution in [0.1, 0.15) is 16.9 Å². The minimum atomic E-state index is -4.40. The summed E-state index contributed by atoms with van der Waals surface area (Å²) in [6.45, 7) is -0.0673. The lowest BCUT2D eigenvalue weighted by molar-refractivity contribution is -0.137. The minimum absolute atomic E-state index is 0.165. The summed E-state index contributed by atoms with van der Waals surface area (Å²) in [5, 5.41) is 4.93. The van der Waals surface area contributed by atoms with Crippen molar-refractivity contribution >= 4 is 17.9 Å². The Kier molecular flexibility index (Phi) is 6.60. The summed E-state index contributed by atoms with van der Waals surface area (Å²) in [6, 6.07) is 8.27. The van der Waals surface area contributed by atoms with Crippen LogP contribution in [0.3, 0.4) is 0 Å². The Morgan fingerprint density at radius 3 is 2.62 bits per heavy atom. The molecular formula is C18H17F3N2O3. The number of hydrogen-bond acceptors (Lipinski definition) is 3. The molecule has 1 heterocycles. The lowest BCUT2D eigenvalue weighted by Gasteiger charge is -2.09. The van der Waals surface area contributed by atoms with E-state index in [2.05, 4.69) is 10.6 Å². The molecular weight excluding hydrogens is 349 g/mol. The first-order chi connectivity index (χ1) is 12.3. The van der Waals surface area contributed by atoms with Crippen LogP contribution in [-0.2, 0) is 22.2 Å². The van der Waals surface area contributed by atoms with E-state index in [-0.39, 0.29) is 19.5 Å². The van der Waals surface area contributed by atoms with Crippen molar-refractivity contribution in [2.75, 3.05) is 13.1 Å². The van der Waals surface area contributed by atoms with Crippen LogP contribution in [0.15, 0.2) is 53.2 Å². The van der Waals surface area contributed by atoms with Gasteiger partial charge in [-0.2, -0.15) is 13.2 Å². The van der Waals surface area contributed by atoms with Gasteiger partial charge in [-0.3, -0.25) is 9.59 Å². The zero-order valence-corrected chi connectivity index (χ0v) is 13.7. The van der Waals surface area contributed by atoms with E-state index in [0.717, 1.165) is 12.1 Å². The van der Waals surface area contributed by atoms with Crippen LogP contribution in [0.5, 0.6) is 0 Å². The molecule has 0 aliphatic rings. The van der Waals surface area contributed by atoms with Crippen LogP contribution >= 0.6 is 0 Å². The normalized spacial score (nSPS) is 11.5. The van der Waals surface area contributed by atoms with Crippen LogP contribution in [0.4, 0.5) is 13.2 Å². The number of amides is 2. The first kappa shape index (κ1) is 19.3. The predicted molar refractivity (Wildman–Crippen MR) is 88.9 cm³/mol. The van der Waals surface area contributed by atoms with Crippen LogP contribution in [-0.4, -0.2) is 24.9 Å². The Labute approximate surface area is 147 Å². The highest BCUT2D eigenvalue weighted by molar-refractivity contribution is 5.94. The first-order valence-electron chi connectivity index (χ1n) is 7.77. The SMILES string of the molecule is O=C(C=Cc1ccco1)NCC(=O)NCCc1cccc(C(F)(F)F)c1. The Bertz CT molecular complexity index is 768. The Balaban J connectivity index is 1.70. The topological polar surface area (TPSA) is 71.3 Å². The smallest absolute Gasteiger partial charge is 0.416 e. The molecule has 1 aromatic carbocycles. The van der Waals surface area contributed by atoms with Crippen molar-refractivity contribution < 1.29 is 27.2 Å². The molecule has 2 aromatic rings. The van der Waals surface area contributed by atoms with Crippen molar-refractivity contribution in [3.05, 3.63) is 65.6 Å². The van der Waals surface area contributed by atoms with E-state index in [1.54, 1.807) is 18.2 Å². The molecule has 0 atom stereocenters. The third-order valence-corrected chi connectivity index (χ3v) is 3.36. The standard InChI is InChI=1S/C18H17F3N2O3/c19-18(20,21)14-4-1-3-13(11-14)8-9-22-17(25)12-23-16(24)7-6-15-5-2-10-26-15/h1-7,10-11H,8-9,12H2,(H,22,25)(H,23,24). The second kappa shape index (κ2) is 8.89. The second-order valence-corrected chi connectivity index (χ2v) is 5.36. The molecule has 0 unspecified atom stereocenters. The molecule has 0 fully saturated rings. The summed E-state index contributed by atoms with van der Waals surface area (Å²) < 4.78 is 42.9. The first-order valence-corrected chi connectivity index (χ1v) is 7.77. The van der Waals surface area contributed by atoms with Crippen molar-refractivity contribution in [1.82, 2.24) is 10.6 Å². The average molecular weight is 366 g/mol. The number of alkyl halides is 3. The van der Waals surface area contributed by atoms with Gasteiger partial charge < -0.3 is 15.1 Å². The summed E-state index contributed by atoms with van der Waals surface area (Å²) in [4.78, 5) is 23.2. The third kappa shape index (κ3) is 6.46. The molecule has 8 heteroatoms. The summed E-state index contributed by atoms with van der Waals surface area (Å²) in [5.41, 5.74) is -0.262. The Morgan fingerprint density at radius 1 is 1.12 bits per heavy atom. The van der Waals surface area contributed by atoms with E-state index < -0.39 is 23.6 Å². The van der Waals surface area contributed by atoms with E-state index in [1.807, 2.05) is 0 Å². The quantitative estimate of drug-likeness (QED) is 0.741. The number of nitrogens with one attached hydrogen (secondary N) is 2. The van der Waals surface area contributed by atoms with Crippen molar-refractivity contribution in [1.29, 1.82) is 0 Å². The van der Waals surface area contributed by atoms with Gasteiger partial charge in [0, 0.05) is 12.6 Å². The van der Waals surface area contributed by atoms with Crippen LogP contribution in [0.25, 0.3) is 6.08 Å². The number of carbonyl (C=O) groups is 2. The lowest BCUT2D eigenvalue weighted by Crippen LogP contribution is -2.37. The maximum absolute atomic E-state index is 12.6. The van der Waals surface area contributed by atoms with E-state index in [0.29, 0.717) is 11.3 Å². The van der Waals surface area contributed by atoms with Gasteiger partial charge in [-0.15, -0.1) is 0 Å². The molecule has 0 saturated carbocycles. The number of hydrogen-bond donors (Lipinski definition) is 2. The second-order valence-electron chi connectivity index (χ2n) is 5.36. The average Bonchev–Trinajstić information content (AvgIpc) is 3.11. The van der Waals surface area contributed by atoms with Gasteiger partial charge in [0.15, 0.2) is 0 Å². The van der Waals surface area contributed by atoms with Gasteiger partial charge in [0.2, 0.25) is 11.8 Å². The van der Waals surface area contributed by atoms with Gasteiger partial charge in [0.05, 0.1) is 18.4 Å². The van der Waals surface area contributed by atoms with Gasteiger partial charge in [0.25, 0.3) is 0 Å². The molecule has 138 valence electrons. The Hall–Kier alpha value is -3.03. The number of carbonyl (C=O) groups excluding carboxylic acids is 2. The minimum Gasteiger partial charge on any atom is -0.465 e. The highest BCUT2D eigenvalue weighted by atomic mass is 19.4. The van der Waals surface area contributed by atoms with Crippen molar-refractivity contribution in [2.24, 2.45) is 0 Å².